The van der Waals surface area contributed by atoms with Gasteiger partial charge in [-0.2, -0.15) is 0 Å². The summed E-state index contributed by atoms with van der Waals surface area (Å²) in [5.41, 5.74) is 10.5. The Morgan fingerprint density at radius 3 is 1.60 bits per heavy atom. The molecule has 1 nitrogen and oxygen atoms in total. The predicted molar refractivity (Wildman–Crippen MR) is 121 cm³/mol. The van der Waals surface area contributed by atoms with Crippen LogP contribution < -0.4 is 0 Å². The Kier molecular flexibility index (Phi) is 3.92. The average Bonchev–Trinajstić information content (AvgIpc) is 2.78. The number of allylic oxidation sites excluding steroid dienone is 4. The van der Waals surface area contributed by atoms with Crippen LogP contribution in [-0.4, -0.2) is 5.78 Å². The molecule has 3 aliphatic rings. The summed E-state index contributed by atoms with van der Waals surface area (Å²) >= 11 is 0. The molecule has 2 unspecified atom stereocenters. The van der Waals surface area contributed by atoms with Crippen LogP contribution in [0.15, 0.2) is 96.1 Å². The topological polar surface area (TPSA) is 17.1 Å². The van der Waals surface area contributed by atoms with E-state index in [1.807, 2.05) is 12.1 Å². The number of ketones is 1. The first-order valence-corrected chi connectivity index (χ1v) is 10.9. The predicted octanol–water partition coefficient (Wildman–Crippen LogP) is 6.19. The van der Waals surface area contributed by atoms with E-state index in [4.69, 9.17) is 0 Å². The molecule has 0 aromatic heterocycles. The standard InChI is InChI=1S/C29H24O/c1-18-16-21-12-14-23-26(19-8-4-2-5-9-19)29(30)27(20-10-6-3-7-11-20)24-15-13-22(17-18)25(21)28(23)24/h2-11,14-17,26-28H,12-13H2,1H3. The molecule has 3 aliphatic carbocycles. The Hall–Kier alpha value is -3.19. The quantitative estimate of drug-likeness (QED) is 0.478. The number of benzene rings is 3. The number of hydrogen-bond acceptors (Lipinski definition) is 1. The molecule has 1 heteroatoms. The van der Waals surface area contributed by atoms with E-state index in [1.165, 1.54) is 33.4 Å². The SMILES string of the molecule is Cc1cc2c3c(c1)CC=C1C(c4ccccc4)C(=O)C(c4ccccc4)C(=CC2)C13. The molecule has 1 saturated carbocycles. The van der Waals surface area contributed by atoms with Gasteiger partial charge in [0.05, 0.1) is 11.8 Å². The maximum absolute atomic E-state index is 14.1. The fourth-order valence-corrected chi connectivity index (χ4v) is 5.95. The zero-order valence-corrected chi connectivity index (χ0v) is 17.1. The zero-order chi connectivity index (χ0) is 20.2. The summed E-state index contributed by atoms with van der Waals surface area (Å²) in [4.78, 5) is 14.1. The third-order valence-electron chi connectivity index (χ3n) is 7.07. The summed E-state index contributed by atoms with van der Waals surface area (Å²) in [7, 11) is 0. The molecule has 0 heterocycles. The van der Waals surface area contributed by atoms with Crippen LogP contribution >= 0.6 is 0 Å². The summed E-state index contributed by atoms with van der Waals surface area (Å²) in [5, 5.41) is 0. The van der Waals surface area contributed by atoms with E-state index >= 15 is 0 Å². The number of aryl methyl sites for hydroxylation is 1. The van der Waals surface area contributed by atoms with E-state index in [0.29, 0.717) is 5.78 Å². The lowest BCUT2D eigenvalue weighted by Crippen LogP contribution is -2.37. The lowest BCUT2D eigenvalue weighted by molar-refractivity contribution is -0.121. The van der Waals surface area contributed by atoms with Crippen LogP contribution in [0.5, 0.6) is 0 Å². The molecule has 3 aromatic rings. The summed E-state index contributed by atoms with van der Waals surface area (Å²) in [5.74, 6) is 0.212. The molecule has 0 amide bonds. The van der Waals surface area contributed by atoms with Crippen LogP contribution in [-0.2, 0) is 17.6 Å². The Morgan fingerprint density at radius 1 is 0.667 bits per heavy atom. The minimum atomic E-state index is -0.168. The van der Waals surface area contributed by atoms with E-state index in [1.54, 1.807) is 0 Å². The number of rotatable bonds is 2. The van der Waals surface area contributed by atoms with Crippen LogP contribution in [0.3, 0.4) is 0 Å². The van der Waals surface area contributed by atoms with Crippen molar-refractivity contribution in [3.63, 3.8) is 0 Å². The number of hydrogen-bond donors (Lipinski definition) is 0. The van der Waals surface area contributed by atoms with Crippen molar-refractivity contribution < 1.29 is 4.79 Å². The van der Waals surface area contributed by atoms with E-state index in [9.17, 15) is 4.79 Å². The zero-order valence-electron chi connectivity index (χ0n) is 17.1. The summed E-state index contributed by atoms with van der Waals surface area (Å²) in [6.45, 7) is 2.19. The molecule has 1 fully saturated rings. The third kappa shape index (κ3) is 2.51. The molecular weight excluding hydrogens is 364 g/mol. The minimum Gasteiger partial charge on any atom is -0.298 e. The van der Waals surface area contributed by atoms with Gasteiger partial charge in [0.25, 0.3) is 0 Å². The van der Waals surface area contributed by atoms with Gasteiger partial charge >= 0.3 is 0 Å². The fourth-order valence-electron chi connectivity index (χ4n) is 5.95. The summed E-state index contributed by atoms with van der Waals surface area (Å²) in [6.07, 6.45) is 6.56. The van der Waals surface area contributed by atoms with Crippen molar-refractivity contribution in [3.05, 3.63) is 129 Å². The van der Waals surface area contributed by atoms with Gasteiger partial charge in [0.15, 0.2) is 5.78 Å². The van der Waals surface area contributed by atoms with Gasteiger partial charge in [0.2, 0.25) is 0 Å². The second-order valence-corrected chi connectivity index (χ2v) is 8.84. The minimum absolute atomic E-state index is 0.168. The highest BCUT2D eigenvalue weighted by Crippen LogP contribution is 2.56. The maximum Gasteiger partial charge on any atom is 0.155 e. The van der Waals surface area contributed by atoms with Crippen molar-refractivity contribution in [1.82, 2.24) is 0 Å². The Balaban J connectivity index is 1.61. The molecule has 0 N–H and O–H groups in total. The Morgan fingerprint density at radius 2 is 1.13 bits per heavy atom. The van der Waals surface area contributed by atoms with E-state index in [0.717, 1.165) is 24.0 Å². The normalized spacial score (nSPS) is 24.0. The largest absolute Gasteiger partial charge is 0.298 e. The second kappa shape index (κ2) is 6.67. The monoisotopic (exact) mass is 388 g/mol. The molecule has 2 atom stereocenters. The molecule has 0 spiro atoms. The summed E-state index contributed by atoms with van der Waals surface area (Å²) in [6, 6.07) is 25.5. The van der Waals surface area contributed by atoms with Crippen LogP contribution in [0.4, 0.5) is 0 Å². The lowest BCUT2D eigenvalue weighted by Gasteiger charge is -2.45. The molecule has 30 heavy (non-hydrogen) atoms. The molecule has 3 aromatic carbocycles. The first kappa shape index (κ1) is 17.7. The molecular formula is C29H24O. The second-order valence-electron chi connectivity index (χ2n) is 8.84. The maximum atomic E-state index is 14.1. The van der Waals surface area contributed by atoms with Gasteiger partial charge in [0.1, 0.15) is 0 Å². The number of carbonyl (C=O) groups is 1. The van der Waals surface area contributed by atoms with E-state index < -0.39 is 0 Å². The van der Waals surface area contributed by atoms with Gasteiger partial charge < -0.3 is 0 Å². The first-order chi connectivity index (χ1) is 14.7. The van der Waals surface area contributed by atoms with Crippen LogP contribution in [0.1, 0.15) is 51.1 Å². The van der Waals surface area contributed by atoms with Crippen molar-refractivity contribution in [2.45, 2.75) is 37.5 Å². The van der Waals surface area contributed by atoms with Gasteiger partial charge in [-0.3, -0.25) is 4.79 Å². The molecule has 0 bridgehead atoms. The van der Waals surface area contributed by atoms with Gasteiger partial charge in [-0.25, -0.2) is 0 Å². The lowest BCUT2D eigenvalue weighted by atomic mass is 9.57. The molecule has 146 valence electrons. The van der Waals surface area contributed by atoms with Crippen LogP contribution in [0.2, 0.25) is 0 Å². The van der Waals surface area contributed by atoms with Gasteiger partial charge in [-0.05, 0) is 58.7 Å². The molecule has 0 aliphatic heterocycles. The highest BCUT2D eigenvalue weighted by molar-refractivity contribution is 6.00. The highest BCUT2D eigenvalue weighted by atomic mass is 16.1. The van der Waals surface area contributed by atoms with Crippen molar-refractivity contribution in [3.8, 4) is 0 Å². The van der Waals surface area contributed by atoms with Crippen molar-refractivity contribution >= 4 is 5.78 Å². The first-order valence-electron chi connectivity index (χ1n) is 10.9. The van der Waals surface area contributed by atoms with Crippen molar-refractivity contribution in [1.29, 1.82) is 0 Å². The average molecular weight is 389 g/mol. The fraction of sp³-hybridized carbons (Fsp3) is 0.207. The molecule has 0 radical (unpaired) electrons. The number of carbonyl (C=O) groups excluding carboxylic acids is 1. The molecule has 6 rings (SSSR count). The van der Waals surface area contributed by atoms with E-state index in [-0.39, 0.29) is 17.8 Å². The van der Waals surface area contributed by atoms with E-state index in [2.05, 4.69) is 79.7 Å². The third-order valence-corrected chi connectivity index (χ3v) is 7.07. The van der Waals surface area contributed by atoms with Crippen molar-refractivity contribution in [2.75, 3.05) is 0 Å². The smallest absolute Gasteiger partial charge is 0.155 e. The van der Waals surface area contributed by atoms with Gasteiger partial charge in [-0.1, -0.05) is 90.5 Å². The summed E-state index contributed by atoms with van der Waals surface area (Å²) < 4.78 is 0. The van der Waals surface area contributed by atoms with Gasteiger partial charge in [0, 0.05) is 5.92 Å². The van der Waals surface area contributed by atoms with Gasteiger partial charge in [-0.15, -0.1) is 0 Å². The van der Waals surface area contributed by atoms with Crippen molar-refractivity contribution in [2.24, 2.45) is 0 Å². The number of Topliss-reactive ketones (excluding diaryl/α,β-unsaturated/α-hetero) is 1. The molecule has 0 saturated heterocycles. The highest BCUT2D eigenvalue weighted by Gasteiger charge is 2.47. The van der Waals surface area contributed by atoms with Crippen LogP contribution in [0.25, 0.3) is 0 Å². The Bertz CT molecular complexity index is 1120. The Labute approximate surface area is 177 Å². The van der Waals surface area contributed by atoms with Crippen LogP contribution in [0, 0.1) is 6.92 Å².